The highest BCUT2D eigenvalue weighted by atomic mass is 35.5. The van der Waals surface area contributed by atoms with Crippen LogP contribution in [-0.4, -0.2) is 15.5 Å². The molecule has 1 N–H and O–H groups in total. The van der Waals surface area contributed by atoms with Gasteiger partial charge in [0.25, 0.3) is 0 Å². The van der Waals surface area contributed by atoms with E-state index in [1.165, 1.54) is 0 Å². The molecule has 1 aliphatic rings. The number of anilines is 1. The molecule has 0 atom stereocenters. The fraction of sp³-hybridized carbons (Fsp3) is 0.200. The van der Waals surface area contributed by atoms with E-state index in [0.29, 0.717) is 11.4 Å². The molecular weight excluding hydrogens is 334 g/mol. The van der Waals surface area contributed by atoms with Crippen molar-refractivity contribution in [3.63, 3.8) is 0 Å². The van der Waals surface area contributed by atoms with Gasteiger partial charge >= 0.3 is 0 Å². The molecule has 25 heavy (non-hydrogen) atoms. The highest BCUT2D eigenvalue weighted by Gasteiger charge is 2.16. The zero-order chi connectivity index (χ0) is 17.2. The predicted molar refractivity (Wildman–Crippen MR) is 99.8 cm³/mol. The Bertz CT molecular complexity index is 898. The van der Waals surface area contributed by atoms with E-state index in [-0.39, 0.29) is 5.91 Å². The molecule has 0 fully saturated rings. The number of rotatable bonds is 4. The van der Waals surface area contributed by atoms with E-state index in [2.05, 4.69) is 14.9 Å². The van der Waals surface area contributed by atoms with Gasteiger partial charge in [-0.05, 0) is 41.8 Å². The number of imidazole rings is 1. The van der Waals surface area contributed by atoms with Crippen molar-refractivity contribution in [3.05, 3.63) is 71.1 Å². The van der Waals surface area contributed by atoms with Gasteiger partial charge in [0.15, 0.2) is 0 Å². The monoisotopic (exact) mass is 351 g/mol. The molecule has 0 saturated heterocycles. The lowest BCUT2D eigenvalue weighted by molar-refractivity contribution is -0.115. The second-order valence-electron chi connectivity index (χ2n) is 6.24. The summed E-state index contributed by atoms with van der Waals surface area (Å²) in [5.74, 6) is 1.12. The normalized spacial score (nSPS) is 12.8. The predicted octanol–water partition coefficient (Wildman–Crippen LogP) is 4.33. The van der Waals surface area contributed by atoms with Gasteiger partial charge in [0.05, 0.1) is 18.3 Å². The molecule has 4 nitrogen and oxygen atoms in total. The van der Waals surface area contributed by atoms with Gasteiger partial charge < -0.3 is 9.88 Å². The van der Waals surface area contributed by atoms with Crippen molar-refractivity contribution in [3.8, 4) is 11.3 Å². The Hall–Kier alpha value is -2.59. The summed E-state index contributed by atoms with van der Waals surface area (Å²) in [6, 6.07) is 15.2. The molecule has 1 aromatic heterocycles. The molecule has 0 spiro atoms. The molecule has 0 saturated carbocycles. The average Bonchev–Trinajstić information content (AvgIpc) is 3.21. The number of carbonyl (C=O) groups is 1. The van der Waals surface area contributed by atoms with Crippen molar-refractivity contribution in [2.75, 3.05) is 5.32 Å². The van der Waals surface area contributed by atoms with Crippen molar-refractivity contribution in [1.29, 1.82) is 0 Å². The molecular formula is C20H18ClN3O. The quantitative estimate of drug-likeness (QED) is 0.760. The molecule has 126 valence electrons. The minimum Gasteiger partial charge on any atom is -0.328 e. The summed E-state index contributed by atoms with van der Waals surface area (Å²) in [6.45, 7) is 1.03. The van der Waals surface area contributed by atoms with Crippen LogP contribution in [0, 0.1) is 0 Å². The molecule has 1 aliphatic heterocycles. The summed E-state index contributed by atoms with van der Waals surface area (Å²) >= 11 is 5.86. The van der Waals surface area contributed by atoms with Gasteiger partial charge in [-0.1, -0.05) is 35.9 Å². The van der Waals surface area contributed by atoms with Crippen LogP contribution in [0.15, 0.2) is 54.7 Å². The molecule has 0 radical (unpaired) electrons. The van der Waals surface area contributed by atoms with E-state index in [1.54, 1.807) is 12.1 Å². The highest BCUT2D eigenvalue weighted by Crippen LogP contribution is 2.26. The van der Waals surface area contributed by atoms with Gasteiger partial charge in [0, 0.05) is 23.7 Å². The first kappa shape index (κ1) is 15.9. The van der Waals surface area contributed by atoms with Crippen LogP contribution in [0.4, 0.5) is 5.69 Å². The zero-order valence-electron chi connectivity index (χ0n) is 13.7. The minimum absolute atomic E-state index is 0.0414. The summed E-state index contributed by atoms with van der Waals surface area (Å²) < 4.78 is 2.27. The number of aromatic nitrogens is 2. The third-order valence-electron chi connectivity index (χ3n) is 4.46. The largest absolute Gasteiger partial charge is 0.328 e. The number of hydrogen-bond acceptors (Lipinski definition) is 2. The Morgan fingerprint density at radius 1 is 1.12 bits per heavy atom. The second-order valence-corrected chi connectivity index (χ2v) is 6.68. The Balaban J connectivity index is 1.43. The summed E-state index contributed by atoms with van der Waals surface area (Å²) in [7, 11) is 0. The Kier molecular flexibility index (Phi) is 4.28. The molecule has 2 aromatic carbocycles. The maximum Gasteiger partial charge on any atom is 0.228 e. The smallest absolute Gasteiger partial charge is 0.228 e. The highest BCUT2D eigenvalue weighted by molar-refractivity contribution is 6.30. The van der Waals surface area contributed by atoms with E-state index >= 15 is 0 Å². The van der Waals surface area contributed by atoms with Crippen LogP contribution in [0.1, 0.15) is 17.8 Å². The SMILES string of the molecule is O=C(Cc1ccc(Cl)cc1)Nc1ccc(-c2cnc3n2CCC3)cc1. The minimum atomic E-state index is -0.0414. The number of nitrogens with zero attached hydrogens (tertiary/aromatic N) is 2. The van der Waals surface area contributed by atoms with Crippen molar-refractivity contribution in [2.24, 2.45) is 0 Å². The van der Waals surface area contributed by atoms with Crippen LogP contribution in [0.5, 0.6) is 0 Å². The number of amides is 1. The summed E-state index contributed by atoms with van der Waals surface area (Å²) in [5.41, 5.74) is 4.00. The lowest BCUT2D eigenvalue weighted by atomic mass is 10.1. The first-order chi connectivity index (χ1) is 12.2. The van der Waals surface area contributed by atoms with E-state index in [9.17, 15) is 4.79 Å². The zero-order valence-corrected chi connectivity index (χ0v) is 14.5. The molecule has 0 aliphatic carbocycles. The number of fused-ring (bicyclic) bond motifs is 1. The maximum absolute atomic E-state index is 12.2. The average molecular weight is 352 g/mol. The lowest BCUT2D eigenvalue weighted by Crippen LogP contribution is -2.14. The second kappa shape index (κ2) is 6.73. The van der Waals surface area contributed by atoms with Crippen molar-refractivity contribution < 1.29 is 4.79 Å². The van der Waals surface area contributed by atoms with E-state index < -0.39 is 0 Å². The van der Waals surface area contributed by atoms with Crippen molar-refractivity contribution >= 4 is 23.2 Å². The number of nitrogens with one attached hydrogen (secondary N) is 1. The fourth-order valence-electron chi connectivity index (χ4n) is 3.21. The third kappa shape index (κ3) is 3.44. The van der Waals surface area contributed by atoms with Crippen LogP contribution >= 0.6 is 11.6 Å². The molecule has 3 aromatic rings. The first-order valence-corrected chi connectivity index (χ1v) is 8.76. The fourth-order valence-corrected chi connectivity index (χ4v) is 3.33. The molecule has 0 unspecified atom stereocenters. The Labute approximate surface area is 151 Å². The number of halogens is 1. The Morgan fingerprint density at radius 2 is 1.88 bits per heavy atom. The maximum atomic E-state index is 12.2. The van der Waals surface area contributed by atoms with Gasteiger partial charge in [-0.15, -0.1) is 0 Å². The van der Waals surface area contributed by atoms with Gasteiger partial charge in [-0.25, -0.2) is 4.98 Å². The van der Waals surface area contributed by atoms with E-state index in [4.69, 9.17) is 11.6 Å². The van der Waals surface area contributed by atoms with Gasteiger partial charge in [-0.3, -0.25) is 4.79 Å². The van der Waals surface area contributed by atoms with Crippen LogP contribution in [0.3, 0.4) is 0 Å². The van der Waals surface area contributed by atoms with E-state index in [1.807, 2.05) is 42.6 Å². The number of hydrogen-bond donors (Lipinski definition) is 1. The molecule has 4 rings (SSSR count). The van der Waals surface area contributed by atoms with Crippen molar-refractivity contribution in [2.45, 2.75) is 25.8 Å². The van der Waals surface area contributed by atoms with E-state index in [0.717, 1.165) is 47.7 Å². The summed E-state index contributed by atoms with van der Waals surface area (Å²) in [6.07, 6.45) is 4.48. The molecule has 0 bridgehead atoms. The first-order valence-electron chi connectivity index (χ1n) is 8.38. The molecule has 2 heterocycles. The molecule has 5 heteroatoms. The summed E-state index contributed by atoms with van der Waals surface area (Å²) in [5, 5.41) is 3.61. The lowest BCUT2D eigenvalue weighted by Gasteiger charge is -2.08. The van der Waals surface area contributed by atoms with Crippen molar-refractivity contribution in [1.82, 2.24) is 9.55 Å². The number of carbonyl (C=O) groups excluding carboxylic acids is 1. The molecule has 1 amide bonds. The van der Waals surface area contributed by atoms with Gasteiger partial charge in [-0.2, -0.15) is 0 Å². The van der Waals surface area contributed by atoms with Crippen LogP contribution in [-0.2, 0) is 24.2 Å². The van der Waals surface area contributed by atoms with Gasteiger partial charge in [0.2, 0.25) is 5.91 Å². The van der Waals surface area contributed by atoms with Crippen LogP contribution in [0.25, 0.3) is 11.3 Å². The number of aryl methyl sites for hydroxylation is 1. The summed E-state index contributed by atoms with van der Waals surface area (Å²) in [4.78, 5) is 16.7. The standard InChI is InChI=1S/C20H18ClN3O/c21-16-7-3-14(4-8-16)12-20(25)23-17-9-5-15(6-10-17)18-13-22-19-2-1-11-24(18)19/h3-10,13H,1-2,11-12H2,(H,23,25). The van der Waals surface area contributed by atoms with Crippen LogP contribution in [0.2, 0.25) is 5.02 Å². The van der Waals surface area contributed by atoms with Gasteiger partial charge in [0.1, 0.15) is 5.82 Å². The van der Waals surface area contributed by atoms with Crippen LogP contribution < -0.4 is 5.32 Å². The topological polar surface area (TPSA) is 46.9 Å². The third-order valence-corrected chi connectivity index (χ3v) is 4.71. The number of benzene rings is 2. The Morgan fingerprint density at radius 3 is 2.64 bits per heavy atom.